The molecule has 3 N–H and O–H groups in total. The van der Waals surface area contributed by atoms with Crippen LogP contribution in [0.1, 0.15) is 17.5 Å². The predicted octanol–water partition coefficient (Wildman–Crippen LogP) is 2.96. The molecule has 0 aliphatic carbocycles. The molecule has 9 heteroatoms. The second kappa shape index (κ2) is 8.34. The van der Waals surface area contributed by atoms with E-state index in [-0.39, 0.29) is 10.8 Å². The van der Waals surface area contributed by atoms with Crippen LogP contribution in [-0.4, -0.2) is 38.0 Å². The summed E-state index contributed by atoms with van der Waals surface area (Å²) in [7, 11) is -3.90. The number of sulfonamides is 1. The van der Waals surface area contributed by atoms with E-state index in [2.05, 4.69) is 9.82 Å². The standard InChI is InChI=1S/C24H22N4O4S/c25-26-14-16-4-3-5-17(12-16)15-28-11-10-21(24(28)29)27-33(30,31)18-8-9-23-20(13-18)19-6-1-2-7-22(19)32-23/h1-9,12-14,21,27H,10-11,15,25H2/t21-/m0/s1. The maximum atomic E-state index is 13.1. The molecule has 0 saturated carbocycles. The van der Waals surface area contributed by atoms with Crippen LogP contribution in [-0.2, 0) is 21.4 Å². The van der Waals surface area contributed by atoms with E-state index >= 15 is 0 Å². The molecular formula is C24H22N4O4S. The van der Waals surface area contributed by atoms with Crippen molar-refractivity contribution in [3.8, 4) is 0 Å². The van der Waals surface area contributed by atoms with Crippen LogP contribution in [0.5, 0.6) is 0 Å². The average Bonchev–Trinajstić information content (AvgIpc) is 3.34. The molecular weight excluding hydrogens is 440 g/mol. The number of carbonyl (C=O) groups is 1. The quantitative estimate of drug-likeness (QED) is 0.259. The summed E-state index contributed by atoms with van der Waals surface area (Å²) in [5.41, 5.74) is 3.06. The van der Waals surface area contributed by atoms with E-state index in [0.29, 0.717) is 36.1 Å². The fourth-order valence-corrected chi connectivity index (χ4v) is 5.46. The number of likely N-dealkylation sites (tertiary alicyclic amines) is 1. The lowest BCUT2D eigenvalue weighted by atomic mass is 10.1. The van der Waals surface area contributed by atoms with Gasteiger partial charge in [0, 0.05) is 23.9 Å². The summed E-state index contributed by atoms with van der Waals surface area (Å²) in [6.07, 6.45) is 1.94. The average molecular weight is 463 g/mol. The third-order valence-electron chi connectivity index (χ3n) is 5.80. The van der Waals surface area contributed by atoms with Crippen molar-refractivity contribution < 1.29 is 17.6 Å². The second-order valence-electron chi connectivity index (χ2n) is 8.00. The Balaban J connectivity index is 1.34. The highest BCUT2D eigenvalue weighted by molar-refractivity contribution is 7.89. The summed E-state index contributed by atoms with van der Waals surface area (Å²) in [6.45, 7) is 0.850. The van der Waals surface area contributed by atoms with Crippen molar-refractivity contribution >= 4 is 44.1 Å². The molecule has 0 bridgehead atoms. The van der Waals surface area contributed by atoms with Gasteiger partial charge in [-0.1, -0.05) is 36.4 Å². The Bertz CT molecular complexity index is 1490. The van der Waals surface area contributed by atoms with Crippen molar-refractivity contribution in [2.24, 2.45) is 10.9 Å². The normalized spacial score (nSPS) is 17.0. The number of amides is 1. The van der Waals surface area contributed by atoms with Gasteiger partial charge in [0.05, 0.1) is 11.1 Å². The zero-order valence-corrected chi connectivity index (χ0v) is 18.5. The summed E-state index contributed by atoms with van der Waals surface area (Å²) in [6, 6.07) is 18.9. The molecule has 1 atom stereocenters. The van der Waals surface area contributed by atoms with Gasteiger partial charge < -0.3 is 15.2 Å². The number of hydrogen-bond acceptors (Lipinski definition) is 6. The van der Waals surface area contributed by atoms with E-state index in [0.717, 1.165) is 16.5 Å². The van der Waals surface area contributed by atoms with Gasteiger partial charge in [-0.3, -0.25) is 4.79 Å². The number of carbonyl (C=O) groups excluding carboxylic acids is 1. The second-order valence-corrected chi connectivity index (χ2v) is 9.72. The first kappa shape index (κ1) is 21.2. The molecule has 1 saturated heterocycles. The summed E-state index contributed by atoms with van der Waals surface area (Å²) < 4.78 is 34.5. The Morgan fingerprint density at radius 1 is 1.06 bits per heavy atom. The Hall–Kier alpha value is -3.69. The fraction of sp³-hybridized carbons (Fsp3) is 0.167. The van der Waals surface area contributed by atoms with Crippen molar-refractivity contribution in [1.29, 1.82) is 0 Å². The lowest BCUT2D eigenvalue weighted by Gasteiger charge is -2.17. The minimum absolute atomic E-state index is 0.0987. The number of para-hydroxylation sites is 1. The number of hydrogen-bond donors (Lipinski definition) is 2. The van der Waals surface area contributed by atoms with E-state index in [1.165, 1.54) is 12.3 Å². The maximum Gasteiger partial charge on any atom is 0.241 e. The topological polar surface area (TPSA) is 118 Å². The SMILES string of the molecule is NN=Cc1cccc(CN2CC[C@H](NS(=O)(=O)c3ccc4oc5ccccc5c4c3)C2=O)c1. The zero-order valence-electron chi connectivity index (χ0n) is 17.6. The predicted molar refractivity (Wildman–Crippen MR) is 126 cm³/mol. The summed E-state index contributed by atoms with van der Waals surface area (Å²) in [5, 5.41) is 5.08. The van der Waals surface area contributed by atoms with Crippen LogP contribution >= 0.6 is 0 Å². The Morgan fingerprint density at radius 3 is 2.73 bits per heavy atom. The first-order valence-corrected chi connectivity index (χ1v) is 12.0. The van der Waals surface area contributed by atoms with E-state index in [4.69, 9.17) is 10.3 Å². The molecule has 8 nitrogen and oxygen atoms in total. The fourth-order valence-electron chi connectivity index (χ4n) is 4.21. The van der Waals surface area contributed by atoms with Crippen molar-refractivity contribution in [3.63, 3.8) is 0 Å². The molecule has 0 spiro atoms. The van der Waals surface area contributed by atoms with Crippen LogP contribution in [0.2, 0.25) is 0 Å². The molecule has 1 aliphatic rings. The van der Waals surface area contributed by atoms with Gasteiger partial charge >= 0.3 is 0 Å². The molecule has 33 heavy (non-hydrogen) atoms. The van der Waals surface area contributed by atoms with Crippen LogP contribution in [0.3, 0.4) is 0 Å². The summed E-state index contributed by atoms with van der Waals surface area (Å²) in [4.78, 5) is 14.7. The number of nitrogens with two attached hydrogens (primary N) is 1. The van der Waals surface area contributed by atoms with Crippen molar-refractivity contribution in [1.82, 2.24) is 9.62 Å². The van der Waals surface area contributed by atoms with E-state index < -0.39 is 16.1 Å². The monoisotopic (exact) mass is 462 g/mol. The van der Waals surface area contributed by atoms with Crippen LogP contribution in [0.4, 0.5) is 0 Å². The molecule has 2 heterocycles. The van der Waals surface area contributed by atoms with Crippen LogP contribution in [0, 0.1) is 0 Å². The third-order valence-corrected chi connectivity index (χ3v) is 7.27. The molecule has 0 radical (unpaired) electrons. The van der Waals surface area contributed by atoms with Gasteiger partial charge in [-0.25, -0.2) is 8.42 Å². The molecule has 0 unspecified atom stereocenters. The van der Waals surface area contributed by atoms with Gasteiger partial charge in [-0.15, -0.1) is 0 Å². The maximum absolute atomic E-state index is 13.1. The largest absolute Gasteiger partial charge is 0.456 e. The van der Waals surface area contributed by atoms with E-state index in [9.17, 15) is 13.2 Å². The number of nitrogens with one attached hydrogen (secondary N) is 1. The smallest absolute Gasteiger partial charge is 0.241 e. The summed E-state index contributed by atoms with van der Waals surface area (Å²) in [5.74, 6) is 4.96. The molecule has 1 amide bonds. The summed E-state index contributed by atoms with van der Waals surface area (Å²) >= 11 is 0. The Morgan fingerprint density at radius 2 is 1.88 bits per heavy atom. The van der Waals surface area contributed by atoms with E-state index in [1.54, 1.807) is 17.0 Å². The first-order chi connectivity index (χ1) is 15.9. The lowest BCUT2D eigenvalue weighted by molar-refractivity contribution is -0.129. The van der Waals surface area contributed by atoms with Crippen LogP contribution in [0.25, 0.3) is 21.9 Å². The zero-order chi connectivity index (χ0) is 23.0. The first-order valence-electron chi connectivity index (χ1n) is 10.5. The molecule has 1 aliphatic heterocycles. The molecule has 4 aromatic rings. The molecule has 5 rings (SSSR count). The Kier molecular flexibility index (Phi) is 5.35. The number of furan rings is 1. The molecule has 1 aromatic heterocycles. The van der Waals surface area contributed by atoms with Gasteiger partial charge in [-0.2, -0.15) is 9.82 Å². The number of fused-ring (bicyclic) bond motifs is 3. The molecule has 1 fully saturated rings. The highest BCUT2D eigenvalue weighted by Crippen LogP contribution is 2.30. The number of nitrogens with zero attached hydrogens (tertiary/aromatic N) is 2. The third kappa shape index (κ3) is 4.08. The minimum atomic E-state index is -3.90. The molecule has 3 aromatic carbocycles. The minimum Gasteiger partial charge on any atom is -0.456 e. The van der Waals surface area contributed by atoms with Gasteiger partial charge in [0.15, 0.2) is 0 Å². The van der Waals surface area contributed by atoms with Crippen LogP contribution in [0.15, 0.2) is 81.1 Å². The molecule has 168 valence electrons. The highest BCUT2D eigenvalue weighted by atomic mass is 32.2. The van der Waals surface area contributed by atoms with E-state index in [1.807, 2.05) is 48.5 Å². The highest BCUT2D eigenvalue weighted by Gasteiger charge is 2.35. The van der Waals surface area contributed by atoms with Gasteiger partial charge in [0.2, 0.25) is 15.9 Å². The number of benzene rings is 3. The van der Waals surface area contributed by atoms with Gasteiger partial charge in [-0.05, 0) is 47.9 Å². The van der Waals surface area contributed by atoms with Gasteiger partial charge in [0.25, 0.3) is 0 Å². The number of rotatable bonds is 6. The van der Waals surface area contributed by atoms with Gasteiger partial charge in [0.1, 0.15) is 17.2 Å². The Labute approximate surface area is 190 Å². The van der Waals surface area contributed by atoms with Crippen LogP contribution < -0.4 is 10.6 Å². The lowest BCUT2D eigenvalue weighted by Crippen LogP contribution is -2.41. The number of hydrazone groups is 1. The van der Waals surface area contributed by atoms with Crippen molar-refractivity contribution in [3.05, 3.63) is 77.9 Å². The van der Waals surface area contributed by atoms with Crippen molar-refractivity contribution in [2.45, 2.75) is 23.9 Å². The van der Waals surface area contributed by atoms with Crippen molar-refractivity contribution in [2.75, 3.05) is 6.54 Å².